The maximum Gasteiger partial charge on any atom is 0.244 e. The van der Waals surface area contributed by atoms with E-state index in [1.54, 1.807) is 12.4 Å². The molecule has 6 nitrogen and oxygen atoms in total. The summed E-state index contributed by atoms with van der Waals surface area (Å²) in [6, 6.07) is 14.5. The van der Waals surface area contributed by atoms with Crippen LogP contribution in [-0.2, 0) is 23.0 Å². The molecular formula is C23H17Cl3N4O2S. The van der Waals surface area contributed by atoms with E-state index in [-0.39, 0.29) is 33.1 Å². The number of aromatic nitrogens is 2. The summed E-state index contributed by atoms with van der Waals surface area (Å²) in [4.78, 5) is 8.91. The molecule has 1 aliphatic rings. The summed E-state index contributed by atoms with van der Waals surface area (Å²) >= 11 is 18.2. The Morgan fingerprint density at radius 1 is 0.970 bits per heavy atom. The van der Waals surface area contributed by atoms with Gasteiger partial charge in [-0.1, -0.05) is 53.0 Å². The number of sulfonamides is 1. The van der Waals surface area contributed by atoms with Crippen molar-refractivity contribution in [2.75, 3.05) is 11.9 Å². The fourth-order valence-corrected chi connectivity index (χ4v) is 6.27. The molecule has 0 amide bonds. The van der Waals surface area contributed by atoms with Crippen molar-refractivity contribution in [2.24, 2.45) is 0 Å². The zero-order valence-electron chi connectivity index (χ0n) is 17.1. The summed E-state index contributed by atoms with van der Waals surface area (Å²) in [7, 11) is -3.86. The van der Waals surface area contributed by atoms with Crippen LogP contribution >= 0.6 is 34.8 Å². The van der Waals surface area contributed by atoms with Crippen molar-refractivity contribution < 1.29 is 8.42 Å². The van der Waals surface area contributed by atoms with E-state index in [1.165, 1.54) is 16.4 Å². The van der Waals surface area contributed by atoms with E-state index in [4.69, 9.17) is 34.8 Å². The van der Waals surface area contributed by atoms with Gasteiger partial charge in [0, 0.05) is 30.2 Å². The fraction of sp³-hybridized carbons (Fsp3) is 0.130. The third-order valence-electron chi connectivity index (χ3n) is 5.58. The average molecular weight is 520 g/mol. The number of pyridine rings is 2. The minimum absolute atomic E-state index is 0.0245. The summed E-state index contributed by atoms with van der Waals surface area (Å²) in [6.07, 6.45) is 3.91. The van der Waals surface area contributed by atoms with Gasteiger partial charge in [0.2, 0.25) is 10.0 Å². The monoisotopic (exact) mass is 518 g/mol. The highest BCUT2D eigenvalue weighted by molar-refractivity contribution is 7.89. The number of nitrogens with one attached hydrogen (secondary N) is 1. The molecule has 0 unspecified atom stereocenters. The van der Waals surface area contributed by atoms with Crippen molar-refractivity contribution in [3.05, 3.63) is 87.1 Å². The van der Waals surface area contributed by atoms with Gasteiger partial charge in [0.25, 0.3) is 0 Å². The van der Waals surface area contributed by atoms with E-state index in [2.05, 4.69) is 15.3 Å². The van der Waals surface area contributed by atoms with Crippen molar-refractivity contribution >= 4 is 67.2 Å². The molecule has 33 heavy (non-hydrogen) atoms. The van der Waals surface area contributed by atoms with Gasteiger partial charge in [0.1, 0.15) is 10.7 Å². The molecule has 0 atom stereocenters. The van der Waals surface area contributed by atoms with Crippen LogP contribution in [0.15, 0.2) is 65.8 Å². The molecule has 2 aromatic carbocycles. The summed E-state index contributed by atoms with van der Waals surface area (Å²) < 4.78 is 28.0. The third kappa shape index (κ3) is 4.16. The van der Waals surface area contributed by atoms with E-state index < -0.39 is 10.0 Å². The molecule has 0 saturated carbocycles. The first-order valence-corrected chi connectivity index (χ1v) is 12.6. The van der Waals surface area contributed by atoms with Gasteiger partial charge in [0.15, 0.2) is 0 Å². The fourth-order valence-electron chi connectivity index (χ4n) is 3.90. The number of nitrogens with zero attached hydrogens (tertiary/aromatic N) is 3. The van der Waals surface area contributed by atoms with Gasteiger partial charge in [-0.25, -0.2) is 13.4 Å². The lowest BCUT2D eigenvalue weighted by Gasteiger charge is -2.29. The van der Waals surface area contributed by atoms with E-state index in [0.29, 0.717) is 12.2 Å². The highest BCUT2D eigenvalue weighted by atomic mass is 35.5. The van der Waals surface area contributed by atoms with Crippen molar-refractivity contribution in [1.29, 1.82) is 0 Å². The van der Waals surface area contributed by atoms with Crippen LogP contribution in [0.5, 0.6) is 0 Å². The van der Waals surface area contributed by atoms with Crippen molar-refractivity contribution in [1.82, 2.24) is 14.3 Å². The molecule has 0 spiro atoms. The van der Waals surface area contributed by atoms with Gasteiger partial charge >= 0.3 is 0 Å². The predicted octanol–water partition coefficient (Wildman–Crippen LogP) is 6.08. The first-order chi connectivity index (χ1) is 15.8. The Bertz CT molecular complexity index is 1490. The Morgan fingerprint density at radius 2 is 1.79 bits per heavy atom. The van der Waals surface area contributed by atoms with Crippen LogP contribution < -0.4 is 5.32 Å². The van der Waals surface area contributed by atoms with Crippen molar-refractivity contribution in [3.8, 4) is 0 Å². The van der Waals surface area contributed by atoms with Gasteiger partial charge < -0.3 is 5.32 Å². The predicted molar refractivity (Wildman–Crippen MR) is 132 cm³/mol. The van der Waals surface area contributed by atoms with Crippen molar-refractivity contribution in [3.63, 3.8) is 0 Å². The Hall–Kier alpha value is -2.42. The van der Waals surface area contributed by atoms with E-state index in [9.17, 15) is 8.42 Å². The Balaban J connectivity index is 1.43. The minimum atomic E-state index is -3.86. The number of hydrogen-bond donors (Lipinski definition) is 1. The van der Waals surface area contributed by atoms with Gasteiger partial charge in [-0.15, -0.1) is 0 Å². The molecule has 2 aromatic heterocycles. The van der Waals surface area contributed by atoms with Gasteiger partial charge in [-0.3, -0.25) is 4.98 Å². The molecule has 0 radical (unpaired) electrons. The molecule has 0 fully saturated rings. The maximum atomic E-state index is 13.3. The van der Waals surface area contributed by atoms with E-state index in [1.807, 2.05) is 36.4 Å². The quantitative estimate of drug-likeness (QED) is 0.331. The largest absolute Gasteiger partial charge is 0.339 e. The van der Waals surface area contributed by atoms with Crippen LogP contribution in [0.25, 0.3) is 10.9 Å². The topological polar surface area (TPSA) is 75.2 Å². The average Bonchev–Trinajstić information content (AvgIpc) is 2.82. The first-order valence-electron chi connectivity index (χ1n) is 10.1. The number of hydrogen-bond acceptors (Lipinski definition) is 5. The molecular weight excluding hydrogens is 503 g/mol. The Labute approximate surface area is 206 Å². The molecule has 0 bridgehead atoms. The van der Waals surface area contributed by atoms with Crippen LogP contribution in [0.3, 0.4) is 0 Å². The van der Waals surface area contributed by atoms with Crippen LogP contribution in [0, 0.1) is 0 Å². The lowest BCUT2D eigenvalue weighted by molar-refractivity contribution is 0.391. The van der Waals surface area contributed by atoms with Gasteiger partial charge in [-0.05, 0) is 42.3 Å². The smallest absolute Gasteiger partial charge is 0.244 e. The summed E-state index contributed by atoms with van der Waals surface area (Å²) in [6.45, 7) is 0.476. The number of para-hydroxylation sites is 1. The molecule has 1 aliphatic heterocycles. The zero-order valence-corrected chi connectivity index (χ0v) is 20.2. The lowest BCUT2D eigenvalue weighted by atomic mass is 10.0. The highest BCUT2D eigenvalue weighted by Crippen LogP contribution is 2.37. The van der Waals surface area contributed by atoms with E-state index >= 15 is 0 Å². The number of anilines is 2. The zero-order chi connectivity index (χ0) is 23.2. The van der Waals surface area contributed by atoms with Gasteiger partial charge in [-0.2, -0.15) is 4.31 Å². The molecule has 10 heteroatoms. The molecule has 0 aliphatic carbocycles. The standard InChI is InChI=1S/C23H17Cl3N4O2S/c24-18-5-6-20(22(26)21(18)25)33(31,32)30-10-8-17-15(13-30)7-9-27-23(17)29-16-11-14-3-1-2-4-19(14)28-12-16/h1-7,9,11-12H,8,10,13H2,(H,27,29). The van der Waals surface area contributed by atoms with Crippen LogP contribution in [0.2, 0.25) is 15.1 Å². The molecule has 3 heterocycles. The second-order valence-corrected chi connectivity index (χ2v) is 10.7. The number of halogens is 3. The van der Waals surface area contributed by atoms with Crippen LogP contribution in [0.1, 0.15) is 11.1 Å². The van der Waals surface area contributed by atoms with Gasteiger partial charge in [0.05, 0.1) is 32.5 Å². The number of rotatable bonds is 4. The van der Waals surface area contributed by atoms with Crippen LogP contribution in [-0.4, -0.2) is 29.2 Å². The van der Waals surface area contributed by atoms with Crippen molar-refractivity contribution in [2.45, 2.75) is 17.9 Å². The molecule has 1 N–H and O–H groups in total. The number of benzene rings is 2. The Morgan fingerprint density at radius 3 is 2.64 bits per heavy atom. The summed E-state index contributed by atoms with van der Waals surface area (Å²) in [5, 5.41) is 4.51. The molecule has 5 rings (SSSR count). The van der Waals surface area contributed by atoms with E-state index in [0.717, 1.165) is 27.7 Å². The molecule has 0 saturated heterocycles. The molecule has 4 aromatic rings. The second-order valence-electron chi connectivity index (χ2n) is 7.60. The summed E-state index contributed by atoms with van der Waals surface area (Å²) in [5.41, 5.74) is 3.56. The molecule has 168 valence electrons. The second kappa shape index (κ2) is 8.74. The summed E-state index contributed by atoms with van der Waals surface area (Å²) in [5.74, 6) is 0.689. The van der Waals surface area contributed by atoms with Crippen LogP contribution in [0.4, 0.5) is 11.5 Å². The minimum Gasteiger partial charge on any atom is -0.339 e. The SMILES string of the molecule is O=S(=O)(c1ccc(Cl)c(Cl)c1Cl)N1CCc2c(ccnc2Nc2cnc3ccccc3c2)C1. The highest BCUT2D eigenvalue weighted by Gasteiger charge is 2.32. The third-order valence-corrected chi connectivity index (χ3v) is 8.87. The Kier molecular flexibility index (Phi) is 5.93. The normalized spacial score (nSPS) is 14.3. The number of fused-ring (bicyclic) bond motifs is 2. The first kappa shape index (κ1) is 22.4. The lowest BCUT2D eigenvalue weighted by Crippen LogP contribution is -2.36. The maximum absolute atomic E-state index is 13.3.